The molecule has 0 spiro atoms. The fourth-order valence-electron chi connectivity index (χ4n) is 2.28. The van der Waals surface area contributed by atoms with Gasteiger partial charge in [0.2, 0.25) is 0 Å². The molecule has 0 aliphatic heterocycles. The van der Waals surface area contributed by atoms with Crippen molar-refractivity contribution in [3.05, 3.63) is 60.3 Å². The third kappa shape index (κ3) is 4.38. The Morgan fingerprint density at radius 1 is 1.17 bits per heavy atom. The lowest BCUT2D eigenvalue weighted by molar-refractivity contribution is 0.415. The zero-order chi connectivity index (χ0) is 15.4. The standard InChI is InChI=1S/C17H18N4O.HI/c1-22-15-7-4-6-13(10-15)21-17(18)19-11-14-9-12-5-2-3-8-16(12)20-14;/h2-10,20H,11H2,1H3,(H3,18,19,21);1H. The van der Waals surface area contributed by atoms with E-state index in [0.29, 0.717) is 12.5 Å². The number of H-pyrrole nitrogens is 1. The van der Waals surface area contributed by atoms with Gasteiger partial charge in [-0.05, 0) is 29.7 Å². The number of ether oxygens (including phenoxy) is 1. The molecular formula is C17H19IN4O. The first kappa shape index (κ1) is 17.1. The average molecular weight is 422 g/mol. The number of hydrogen-bond acceptors (Lipinski definition) is 2. The van der Waals surface area contributed by atoms with Crippen molar-refractivity contribution < 1.29 is 4.74 Å². The first-order valence-electron chi connectivity index (χ1n) is 7.02. The predicted molar refractivity (Wildman–Crippen MR) is 106 cm³/mol. The largest absolute Gasteiger partial charge is 0.497 e. The fourth-order valence-corrected chi connectivity index (χ4v) is 2.28. The number of benzene rings is 2. The molecule has 0 fully saturated rings. The van der Waals surface area contributed by atoms with Crippen molar-refractivity contribution in [3.8, 4) is 5.75 Å². The van der Waals surface area contributed by atoms with Crippen LogP contribution in [0.3, 0.4) is 0 Å². The number of rotatable bonds is 4. The summed E-state index contributed by atoms with van der Waals surface area (Å²) in [6.07, 6.45) is 0. The minimum atomic E-state index is 0. The SMILES string of the molecule is COc1cccc(NC(N)=NCc2cc3ccccc3[nH]2)c1.I. The van der Waals surface area contributed by atoms with Gasteiger partial charge in [0.15, 0.2) is 5.96 Å². The molecule has 5 nitrogen and oxygen atoms in total. The monoisotopic (exact) mass is 422 g/mol. The Morgan fingerprint density at radius 3 is 2.78 bits per heavy atom. The number of aromatic nitrogens is 1. The molecule has 1 aromatic heterocycles. The van der Waals surface area contributed by atoms with Crippen molar-refractivity contribution in [1.82, 2.24) is 4.98 Å². The Bertz CT molecular complexity index is 780. The van der Waals surface area contributed by atoms with E-state index < -0.39 is 0 Å². The van der Waals surface area contributed by atoms with Crippen LogP contribution in [0.15, 0.2) is 59.6 Å². The number of nitrogens with zero attached hydrogens (tertiary/aromatic N) is 1. The van der Waals surface area contributed by atoms with Crippen LogP contribution in [0.4, 0.5) is 5.69 Å². The molecule has 4 N–H and O–H groups in total. The van der Waals surface area contributed by atoms with Crippen LogP contribution in [-0.4, -0.2) is 18.1 Å². The van der Waals surface area contributed by atoms with Crippen LogP contribution in [0.25, 0.3) is 10.9 Å². The summed E-state index contributed by atoms with van der Waals surface area (Å²) in [6, 6.07) is 17.8. The number of anilines is 1. The second kappa shape index (κ2) is 7.87. The molecule has 23 heavy (non-hydrogen) atoms. The first-order chi connectivity index (χ1) is 10.7. The van der Waals surface area contributed by atoms with Crippen LogP contribution in [-0.2, 0) is 6.54 Å². The number of nitrogens with two attached hydrogens (primary N) is 1. The van der Waals surface area contributed by atoms with Gasteiger partial charge in [0.05, 0.1) is 13.7 Å². The summed E-state index contributed by atoms with van der Waals surface area (Å²) in [5, 5.41) is 4.23. The average Bonchev–Trinajstić information content (AvgIpc) is 2.96. The second-order valence-electron chi connectivity index (χ2n) is 4.94. The van der Waals surface area contributed by atoms with Crippen LogP contribution < -0.4 is 15.8 Å². The lowest BCUT2D eigenvalue weighted by Gasteiger charge is -2.07. The van der Waals surface area contributed by atoms with Crippen molar-refractivity contribution in [2.75, 3.05) is 12.4 Å². The van der Waals surface area contributed by atoms with Crippen LogP contribution >= 0.6 is 24.0 Å². The Labute approximate surface area is 152 Å². The van der Waals surface area contributed by atoms with E-state index in [1.807, 2.05) is 42.5 Å². The predicted octanol–water partition coefficient (Wildman–Crippen LogP) is 3.72. The number of aliphatic imine (C=N–C) groups is 1. The van der Waals surface area contributed by atoms with Crippen LogP contribution in [0.5, 0.6) is 5.75 Å². The molecular weight excluding hydrogens is 403 g/mol. The highest BCUT2D eigenvalue weighted by Gasteiger charge is 2.00. The third-order valence-electron chi connectivity index (χ3n) is 3.35. The molecule has 3 rings (SSSR count). The van der Waals surface area contributed by atoms with Gasteiger partial charge in [-0.3, -0.25) is 0 Å². The van der Waals surface area contributed by atoms with Gasteiger partial charge in [-0.2, -0.15) is 0 Å². The zero-order valence-electron chi connectivity index (χ0n) is 12.7. The van der Waals surface area contributed by atoms with E-state index >= 15 is 0 Å². The van der Waals surface area contributed by atoms with Gasteiger partial charge in [0, 0.05) is 23.0 Å². The lowest BCUT2D eigenvalue weighted by Crippen LogP contribution is -2.22. The molecule has 0 saturated heterocycles. The molecule has 6 heteroatoms. The van der Waals surface area contributed by atoms with Gasteiger partial charge in [-0.1, -0.05) is 24.3 Å². The van der Waals surface area contributed by atoms with Gasteiger partial charge in [-0.25, -0.2) is 4.99 Å². The normalized spacial score (nSPS) is 11.1. The maximum atomic E-state index is 5.92. The number of nitrogens with one attached hydrogen (secondary N) is 2. The molecule has 1 heterocycles. The number of guanidine groups is 1. The Kier molecular flexibility index (Phi) is 5.86. The van der Waals surface area contributed by atoms with Gasteiger partial charge < -0.3 is 20.8 Å². The summed E-state index contributed by atoms with van der Waals surface area (Å²) in [7, 11) is 1.63. The van der Waals surface area contributed by atoms with Crippen molar-refractivity contribution in [1.29, 1.82) is 0 Å². The van der Waals surface area contributed by atoms with Gasteiger partial charge in [0.25, 0.3) is 0 Å². The molecule has 0 saturated carbocycles. The first-order valence-corrected chi connectivity index (χ1v) is 7.02. The lowest BCUT2D eigenvalue weighted by atomic mass is 10.2. The fraction of sp³-hybridized carbons (Fsp3) is 0.118. The van der Waals surface area contributed by atoms with Crippen LogP contribution in [0.1, 0.15) is 5.69 Å². The molecule has 0 amide bonds. The van der Waals surface area contributed by atoms with Crippen LogP contribution in [0, 0.1) is 0 Å². The summed E-state index contributed by atoms with van der Waals surface area (Å²) >= 11 is 0. The third-order valence-corrected chi connectivity index (χ3v) is 3.35. The van der Waals surface area contributed by atoms with E-state index in [2.05, 4.69) is 27.4 Å². The number of para-hydroxylation sites is 1. The number of halogens is 1. The molecule has 120 valence electrons. The highest BCUT2D eigenvalue weighted by molar-refractivity contribution is 14.0. The number of fused-ring (bicyclic) bond motifs is 1. The molecule has 0 aliphatic rings. The molecule has 0 bridgehead atoms. The van der Waals surface area contributed by atoms with Gasteiger partial charge in [-0.15, -0.1) is 24.0 Å². The minimum absolute atomic E-state index is 0. The molecule has 0 aliphatic carbocycles. The maximum absolute atomic E-state index is 5.92. The molecule has 0 radical (unpaired) electrons. The topological polar surface area (TPSA) is 75.4 Å². The molecule has 0 unspecified atom stereocenters. The summed E-state index contributed by atoms with van der Waals surface area (Å²) in [5.74, 6) is 1.14. The summed E-state index contributed by atoms with van der Waals surface area (Å²) in [6.45, 7) is 0.498. The van der Waals surface area contributed by atoms with Crippen molar-refractivity contribution in [3.63, 3.8) is 0 Å². The summed E-state index contributed by atoms with van der Waals surface area (Å²) < 4.78 is 5.17. The highest BCUT2D eigenvalue weighted by Crippen LogP contribution is 2.17. The van der Waals surface area contributed by atoms with E-state index in [0.717, 1.165) is 22.6 Å². The second-order valence-corrected chi connectivity index (χ2v) is 4.94. The summed E-state index contributed by atoms with van der Waals surface area (Å²) in [4.78, 5) is 7.67. The van der Waals surface area contributed by atoms with E-state index in [-0.39, 0.29) is 24.0 Å². The molecule has 0 atom stereocenters. The number of aromatic amines is 1. The van der Waals surface area contributed by atoms with E-state index in [1.54, 1.807) is 7.11 Å². The van der Waals surface area contributed by atoms with E-state index in [9.17, 15) is 0 Å². The van der Waals surface area contributed by atoms with E-state index in [4.69, 9.17) is 10.5 Å². The van der Waals surface area contributed by atoms with Crippen molar-refractivity contribution >= 4 is 46.5 Å². The molecule has 3 aromatic rings. The smallest absolute Gasteiger partial charge is 0.193 e. The number of hydrogen-bond donors (Lipinski definition) is 3. The summed E-state index contributed by atoms with van der Waals surface area (Å²) in [5.41, 5.74) is 8.90. The van der Waals surface area contributed by atoms with Gasteiger partial charge in [0.1, 0.15) is 5.75 Å². The minimum Gasteiger partial charge on any atom is -0.497 e. The quantitative estimate of drug-likeness (QED) is 0.341. The maximum Gasteiger partial charge on any atom is 0.193 e. The number of methoxy groups -OCH3 is 1. The zero-order valence-corrected chi connectivity index (χ0v) is 15.1. The van der Waals surface area contributed by atoms with Gasteiger partial charge >= 0.3 is 0 Å². The Hall–Kier alpha value is -2.22. The van der Waals surface area contributed by atoms with Crippen molar-refractivity contribution in [2.24, 2.45) is 10.7 Å². The Morgan fingerprint density at radius 2 is 2.00 bits per heavy atom. The highest BCUT2D eigenvalue weighted by atomic mass is 127. The molecule has 2 aromatic carbocycles. The van der Waals surface area contributed by atoms with Crippen LogP contribution in [0.2, 0.25) is 0 Å². The Balaban J connectivity index is 0.00000192. The van der Waals surface area contributed by atoms with E-state index in [1.165, 1.54) is 5.39 Å². The van der Waals surface area contributed by atoms with Crippen molar-refractivity contribution in [2.45, 2.75) is 6.54 Å².